The van der Waals surface area contributed by atoms with Gasteiger partial charge in [-0.3, -0.25) is 4.79 Å². The van der Waals surface area contributed by atoms with Crippen molar-refractivity contribution in [3.8, 4) is 0 Å². The van der Waals surface area contributed by atoms with Crippen molar-refractivity contribution in [2.24, 2.45) is 0 Å². The van der Waals surface area contributed by atoms with Gasteiger partial charge in [0, 0.05) is 17.6 Å². The molecular formula is C16H18N2O3. The first-order valence-corrected chi connectivity index (χ1v) is 6.79. The lowest BCUT2D eigenvalue weighted by Gasteiger charge is -2.10. The Morgan fingerprint density at radius 2 is 1.86 bits per heavy atom. The Morgan fingerprint density at radius 1 is 1.19 bits per heavy atom. The third-order valence-electron chi connectivity index (χ3n) is 3.29. The Bertz CT molecular complexity index is 657. The van der Waals surface area contributed by atoms with Crippen molar-refractivity contribution in [2.75, 3.05) is 5.32 Å². The molecule has 2 aromatic rings. The van der Waals surface area contributed by atoms with Crippen molar-refractivity contribution in [1.29, 1.82) is 0 Å². The summed E-state index contributed by atoms with van der Waals surface area (Å²) in [7, 11) is 0. The van der Waals surface area contributed by atoms with Gasteiger partial charge in [0.25, 0.3) is 0 Å². The van der Waals surface area contributed by atoms with Gasteiger partial charge in [0.15, 0.2) is 0 Å². The second-order valence-electron chi connectivity index (χ2n) is 4.88. The molecule has 0 bridgehead atoms. The highest BCUT2D eigenvalue weighted by atomic mass is 16.4. The number of hydrogen-bond acceptors (Lipinski definition) is 2. The fourth-order valence-electron chi connectivity index (χ4n) is 2.23. The van der Waals surface area contributed by atoms with E-state index in [1.54, 1.807) is 10.8 Å². The highest BCUT2D eigenvalue weighted by Gasteiger charge is 2.15. The molecule has 0 atom stereocenters. The maximum Gasteiger partial charge on any atom is 0.337 e. The van der Waals surface area contributed by atoms with Crippen LogP contribution in [0, 0.1) is 6.92 Å². The fourth-order valence-corrected chi connectivity index (χ4v) is 2.23. The van der Waals surface area contributed by atoms with Crippen LogP contribution in [0.3, 0.4) is 0 Å². The van der Waals surface area contributed by atoms with Gasteiger partial charge in [-0.1, -0.05) is 24.6 Å². The van der Waals surface area contributed by atoms with Crippen molar-refractivity contribution < 1.29 is 14.7 Å². The maximum absolute atomic E-state index is 12.0. The lowest BCUT2D eigenvalue weighted by atomic mass is 10.2. The van der Waals surface area contributed by atoms with Gasteiger partial charge in [-0.2, -0.15) is 0 Å². The molecule has 0 unspecified atom stereocenters. The van der Waals surface area contributed by atoms with Crippen molar-refractivity contribution in [1.82, 2.24) is 4.57 Å². The molecule has 2 N–H and O–H groups in total. The molecule has 1 amide bonds. The Labute approximate surface area is 123 Å². The van der Waals surface area contributed by atoms with Gasteiger partial charge in [-0.25, -0.2) is 4.79 Å². The molecule has 5 heteroatoms. The quantitative estimate of drug-likeness (QED) is 0.887. The SMILES string of the molecule is CCc1c(C(=O)O)ccn1CC(=O)Nc1ccc(C)cc1. The minimum Gasteiger partial charge on any atom is -0.478 e. The van der Waals surface area contributed by atoms with Crippen LogP contribution in [0.15, 0.2) is 36.5 Å². The zero-order valence-electron chi connectivity index (χ0n) is 12.1. The first-order chi connectivity index (χ1) is 10.0. The molecule has 0 saturated heterocycles. The number of hydrogen-bond donors (Lipinski definition) is 2. The molecule has 0 aliphatic rings. The standard InChI is InChI=1S/C16H18N2O3/c1-3-14-13(16(20)21)8-9-18(14)10-15(19)17-12-6-4-11(2)5-7-12/h4-9H,3,10H2,1-2H3,(H,17,19)(H,20,21). The van der Waals surface area contributed by atoms with Crippen molar-refractivity contribution in [3.05, 3.63) is 53.3 Å². The van der Waals surface area contributed by atoms with Crippen LogP contribution in [0.2, 0.25) is 0 Å². The number of aromatic carboxylic acids is 1. The van der Waals surface area contributed by atoms with Crippen LogP contribution in [0.5, 0.6) is 0 Å². The average Bonchev–Trinajstić information content (AvgIpc) is 2.84. The van der Waals surface area contributed by atoms with Crippen molar-refractivity contribution >= 4 is 17.6 Å². The van der Waals surface area contributed by atoms with Gasteiger partial charge < -0.3 is 15.0 Å². The number of carbonyl (C=O) groups excluding carboxylic acids is 1. The predicted octanol–water partition coefficient (Wildman–Crippen LogP) is 2.70. The molecule has 5 nitrogen and oxygen atoms in total. The van der Waals surface area contributed by atoms with Crippen LogP contribution < -0.4 is 5.32 Å². The molecule has 21 heavy (non-hydrogen) atoms. The minimum atomic E-state index is -0.968. The molecule has 0 spiro atoms. The molecule has 110 valence electrons. The number of anilines is 1. The average molecular weight is 286 g/mol. The fraction of sp³-hybridized carbons (Fsp3) is 0.250. The first kappa shape index (κ1) is 14.8. The van der Waals surface area contributed by atoms with E-state index in [-0.39, 0.29) is 18.0 Å². The number of carboxylic acids is 1. The lowest BCUT2D eigenvalue weighted by Crippen LogP contribution is -2.20. The summed E-state index contributed by atoms with van der Waals surface area (Å²) in [6.45, 7) is 3.95. The van der Waals surface area contributed by atoms with Gasteiger partial charge in [0.1, 0.15) is 6.54 Å². The van der Waals surface area contributed by atoms with Gasteiger partial charge >= 0.3 is 5.97 Å². The van der Waals surface area contributed by atoms with E-state index >= 15 is 0 Å². The summed E-state index contributed by atoms with van der Waals surface area (Å²) in [5, 5.41) is 11.9. The zero-order valence-corrected chi connectivity index (χ0v) is 12.1. The number of amides is 1. The van der Waals surface area contributed by atoms with Gasteiger partial charge in [-0.15, -0.1) is 0 Å². The van der Waals surface area contributed by atoms with E-state index in [2.05, 4.69) is 5.32 Å². The summed E-state index contributed by atoms with van der Waals surface area (Å²) >= 11 is 0. The van der Waals surface area contributed by atoms with E-state index < -0.39 is 5.97 Å². The van der Waals surface area contributed by atoms with E-state index in [1.807, 2.05) is 38.1 Å². The third-order valence-corrected chi connectivity index (χ3v) is 3.29. The molecular weight excluding hydrogens is 268 g/mol. The topological polar surface area (TPSA) is 71.3 Å². The lowest BCUT2D eigenvalue weighted by molar-refractivity contribution is -0.116. The number of rotatable bonds is 5. The normalized spacial score (nSPS) is 10.4. The van der Waals surface area contributed by atoms with Crippen LogP contribution in [0.25, 0.3) is 0 Å². The van der Waals surface area contributed by atoms with Crippen LogP contribution in [-0.2, 0) is 17.8 Å². The molecule has 0 saturated carbocycles. The summed E-state index contributed by atoms with van der Waals surface area (Å²) < 4.78 is 1.67. The molecule has 1 aromatic heterocycles. The molecule has 0 fully saturated rings. The second kappa shape index (κ2) is 6.26. The smallest absolute Gasteiger partial charge is 0.337 e. The summed E-state index contributed by atoms with van der Waals surface area (Å²) in [6.07, 6.45) is 2.20. The van der Waals surface area contributed by atoms with Gasteiger partial charge in [0.2, 0.25) is 5.91 Å². The van der Waals surface area contributed by atoms with Crippen LogP contribution >= 0.6 is 0 Å². The number of benzene rings is 1. The number of carboxylic acid groups (broad SMARTS) is 1. The number of aryl methyl sites for hydroxylation is 1. The summed E-state index contributed by atoms with van der Waals surface area (Å²) in [4.78, 5) is 23.1. The van der Waals surface area contributed by atoms with E-state index in [9.17, 15) is 9.59 Å². The molecule has 0 radical (unpaired) electrons. The number of aromatic nitrogens is 1. The highest BCUT2D eigenvalue weighted by Crippen LogP contribution is 2.13. The largest absolute Gasteiger partial charge is 0.478 e. The highest BCUT2D eigenvalue weighted by molar-refractivity contribution is 5.92. The summed E-state index contributed by atoms with van der Waals surface area (Å²) in [5.74, 6) is -1.15. The third kappa shape index (κ3) is 3.51. The van der Waals surface area contributed by atoms with E-state index in [1.165, 1.54) is 6.07 Å². The van der Waals surface area contributed by atoms with Crippen LogP contribution in [-0.4, -0.2) is 21.6 Å². The second-order valence-corrected chi connectivity index (χ2v) is 4.88. The molecule has 1 heterocycles. The number of nitrogens with zero attached hydrogens (tertiary/aromatic N) is 1. The Kier molecular flexibility index (Phi) is 4.42. The zero-order chi connectivity index (χ0) is 15.4. The van der Waals surface area contributed by atoms with Crippen molar-refractivity contribution in [3.63, 3.8) is 0 Å². The maximum atomic E-state index is 12.0. The molecule has 2 rings (SSSR count). The molecule has 1 aromatic carbocycles. The van der Waals surface area contributed by atoms with E-state index in [0.29, 0.717) is 12.1 Å². The predicted molar refractivity (Wildman–Crippen MR) is 80.6 cm³/mol. The Morgan fingerprint density at radius 3 is 2.43 bits per heavy atom. The molecule has 0 aliphatic carbocycles. The van der Waals surface area contributed by atoms with Gasteiger partial charge in [-0.05, 0) is 31.5 Å². The minimum absolute atomic E-state index is 0.102. The number of nitrogens with one attached hydrogen (secondary N) is 1. The first-order valence-electron chi connectivity index (χ1n) is 6.79. The van der Waals surface area contributed by atoms with Crippen LogP contribution in [0.4, 0.5) is 5.69 Å². The van der Waals surface area contributed by atoms with Crippen molar-refractivity contribution in [2.45, 2.75) is 26.8 Å². The summed E-state index contributed by atoms with van der Waals surface area (Å²) in [6, 6.07) is 9.05. The monoisotopic (exact) mass is 286 g/mol. The van der Waals surface area contributed by atoms with Gasteiger partial charge in [0.05, 0.1) is 5.56 Å². The summed E-state index contributed by atoms with van der Waals surface area (Å²) in [5.41, 5.74) is 2.76. The van der Waals surface area contributed by atoms with Crippen LogP contribution in [0.1, 0.15) is 28.5 Å². The Hall–Kier alpha value is -2.56. The Balaban J connectivity index is 2.09. The van der Waals surface area contributed by atoms with E-state index in [4.69, 9.17) is 5.11 Å². The molecule has 0 aliphatic heterocycles. The number of carbonyl (C=O) groups is 2. The van der Waals surface area contributed by atoms with E-state index in [0.717, 1.165) is 11.3 Å².